The van der Waals surface area contributed by atoms with Crippen molar-refractivity contribution in [2.75, 3.05) is 12.4 Å². The van der Waals surface area contributed by atoms with Gasteiger partial charge in [0.05, 0.1) is 13.2 Å². The Bertz CT molecular complexity index is 675. The van der Waals surface area contributed by atoms with Crippen LogP contribution in [0, 0.1) is 18.3 Å². The monoisotopic (exact) mass is 280 g/mol. The van der Waals surface area contributed by atoms with Crippen molar-refractivity contribution in [3.8, 4) is 11.8 Å². The molecule has 21 heavy (non-hydrogen) atoms. The molecule has 4 heteroatoms. The fourth-order valence-corrected chi connectivity index (χ4v) is 2.04. The van der Waals surface area contributed by atoms with Crippen LogP contribution in [0.15, 0.2) is 48.5 Å². The van der Waals surface area contributed by atoms with Crippen LogP contribution in [0.5, 0.6) is 5.75 Å². The third-order valence-electron chi connectivity index (χ3n) is 3.22. The Morgan fingerprint density at radius 2 is 1.95 bits per heavy atom. The Balaban J connectivity index is 2.19. The minimum atomic E-state index is -0.826. The number of aryl methyl sites for hydroxylation is 1. The van der Waals surface area contributed by atoms with E-state index < -0.39 is 5.92 Å². The first kappa shape index (κ1) is 14.6. The molecular weight excluding hydrogens is 264 g/mol. The van der Waals surface area contributed by atoms with Gasteiger partial charge in [0.15, 0.2) is 5.92 Å². The highest BCUT2D eigenvalue weighted by atomic mass is 16.5. The minimum absolute atomic E-state index is 0.336. The molecule has 0 heterocycles. The fourth-order valence-electron chi connectivity index (χ4n) is 2.04. The van der Waals surface area contributed by atoms with Gasteiger partial charge in [-0.3, -0.25) is 4.79 Å². The molecule has 0 bridgehead atoms. The molecular formula is C17H16N2O2. The quantitative estimate of drug-likeness (QED) is 0.935. The van der Waals surface area contributed by atoms with E-state index >= 15 is 0 Å². The maximum absolute atomic E-state index is 12.3. The van der Waals surface area contributed by atoms with E-state index in [1.807, 2.05) is 37.3 Å². The first-order chi connectivity index (χ1) is 10.2. The van der Waals surface area contributed by atoms with Crippen LogP contribution >= 0.6 is 0 Å². The van der Waals surface area contributed by atoms with Crippen molar-refractivity contribution >= 4 is 11.6 Å². The average molecular weight is 280 g/mol. The normalized spacial score (nSPS) is 11.3. The lowest BCUT2D eigenvalue weighted by atomic mass is 9.99. The average Bonchev–Trinajstić information content (AvgIpc) is 2.51. The summed E-state index contributed by atoms with van der Waals surface area (Å²) in [6, 6.07) is 16.4. The predicted molar refractivity (Wildman–Crippen MR) is 81.2 cm³/mol. The van der Waals surface area contributed by atoms with Crippen LogP contribution in [-0.4, -0.2) is 13.0 Å². The first-order valence-corrected chi connectivity index (χ1v) is 6.55. The molecule has 0 aliphatic rings. The fraction of sp³-hybridized carbons (Fsp3) is 0.176. The van der Waals surface area contributed by atoms with E-state index in [2.05, 4.69) is 5.32 Å². The smallest absolute Gasteiger partial charge is 0.246 e. The van der Waals surface area contributed by atoms with Crippen molar-refractivity contribution in [2.24, 2.45) is 0 Å². The number of ether oxygens (including phenoxy) is 1. The SMILES string of the molecule is COc1ccc(NC(=O)C(C#N)c2ccccc2)c(C)c1. The molecule has 2 aromatic rings. The lowest BCUT2D eigenvalue weighted by Crippen LogP contribution is -2.20. The lowest BCUT2D eigenvalue weighted by molar-refractivity contribution is -0.116. The summed E-state index contributed by atoms with van der Waals surface area (Å²) in [5.74, 6) is -0.435. The molecule has 1 N–H and O–H groups in total. The second kappa shape index (κ2) is 6.58. The topological polar surface area (TPSA) is 62.1 Å². The Labute approximate surface area is 124 Å². The van der Waals surface area contributed by atoms with Gasteiger partial charge in [-0.2, -0.15) is 5.26 Å². The molecule has 0 radical (unpaired) electrons. The van der Waals surface area contributed by atoms with Gasteiger partial charge in [0, 0.05) is 5.69 Å². The van der Waals surface area contributed by atoms with Crippen molar-refractivity contribution in [3.05, 3.63) is 59.7 Å². The molecule has 106 valence electrons. The van der Waals surface area contributed by atoms with Crippen LogP contribution in [0.1, 0.15) is 17.0 Å². The number of hydrogen-bond donors (Lipinski definition) is 1. The van der Waals surface area contributed by atoms with Gasteiger partial charge in [0.25, 0.3) is 0 Å². The summed E-state index contributed by atoms with van der Waals surface area (Å²) in [4.78, 5) is 12.3. The Kier molecular flexibility index (Phi) is 4.57. The third kappa shape index (κ3) is 3.40. The molecule has 0 saturated heterocycles. The second-order valence-electron chi connectivity index (χ2n) is 4.64. The summed E-state index contributed by atoms with van der Waals surface area (Å²) in [7, 11) is 1.59. The van der Waals surface area contributed by atoms with Gasteiger partial charge < -0.3 is 10.1 Å². The van der Waals surface area contributed by atoms with E-state index in [1.54, 1.807) is 31.4 Å². The third-order valence-corrected chi connectivity index (χ3v) is 3.22. The number of rotatable bonds is 4. The lowest BCUT2D eigenvalue weighted by Gasteiger charge is -2.13. The number of anilines is 1. The molecule has 0 aliphatic heterocycles. The largest absolute Gasteiger partial charge is 0.497 e. The number of carbonyl (C=O) groups is 1. The summed E-state index contributed by atoms with van der Waals surface area (Å²) < 4.78 is 5.13. The summed E-state index contributed by atoms with van der Waals surface area (Å²) >= 11 is 0. The van der Waals surface area contributed by atoms with Crippen LogP contribution in [0.25, 0.3) is 0 Å². The highest BCUT2D eigenvalue weighted by molar-refractivity contribution is 5.98. The number of nitrogens with zero attached hydrogens (tertiary/aromatic N) is 1. The molecule has 0 saturated carbocycles. The van der Waals surface area contributed by atoms with E-state index in [0.29, 0.717) is 11.3 Å². The molecule has 2 rings (SSSR count). The number of methoxy groups -OCH3 is 1. The number of carbonyl (C=O) groups excluding carboxylic acids is 1. The molecule has 1 amide bonds. The maximum Gasteiger partial charge on any atom is 0.246 e. The summed E-state index contributed by atoms with van der Waals surface area (Å²) in [5, 5.41) is 12.0. The molecule has 0 aliphatic carbocycles. The maximum atomic E-state index is 12.3. The van der Waals surface area contributed by atoms with Crippen molar-refractivity contribution in [2.45, 2.75) is 12.8 Å². The van der Waals surface area contributed by atoms with Crippen molar-refractivity contribution < 1.29 is 9.53 Å². The highest BCUT2D eigenvalue weighted by Crippen LogP contribution is 2.23. The van der Waals surface area contributed by atoms with E-state index in [0.717, 1.165) is 11.3 Å². The van der Waals surface area contributed by atoms with Crippen LogP contribution < -0.4 is 10.1 Å². The molecule has 0 spiro atoms. The van der Waals surface area contributed by atoms with Crippen molar-refractivity contribution in [3.63, 3.8) is 0 Å². The van der Waals surface area contributed by atoms with Crippen LogP contribution in [0.4, 0.5) is 5.69 Å². The van der Waals surface area contributed by atoms with Crippen LogP contribution in [-0.2, 0) is 4.79 Å². The molecule has 0 fully saturated rings. The van der Waals surface area contributed by atoms with Crippen LogP contribution in [0.3, 0.4) is 0 Å². The summed E-state index contributed by atoms with van der Waals surface area (Å²) in [6.45, 7) is 1.88. The van der Waals surface area contributed by atoms with E-state index in [4.69, 9.17) is 4.74 Å². The van der Waals surface area contributed by atoms with Gasteiger partial charge in [-0.1, -0.05) is 30.3 Å². The zero-order valence-corrected chi connectivity index (χ0v) is 12.0. The molecule has 1 atom stereocenters. The molecule has 2 aromatic carbocycles. The van der Waals surface area contributed by atoms with Gasteiger partial charge >= 0.3 is 0 Å². The van der Waals surface area contributed by atoms with Gasteiger partial charge in [0.2, 0.25) is 5.91 Å². The molecule has 1 unspecified atom stereocenters. The number of nitriles is 1. The van der Waals surface area contributed by atoms with Gasteiger partial charge in [-0.25, -0.2) is 0 Å². The number of benzene rings is 2. The molecule has 0 aromatic heterocycles. The van der Waals surface area contributed by atoms with Gasteiger partial charge in [-0.05, 0) is 36.2 Å². The van der Waals surface area contributed by atoms with E-state index in [9.17, 15) is 10.1 Å². The Hall–Kier alpha value is -2.80. The minimum Gasteiger partial charge on any atom is -0.497 e. The summed E-state index contributed by atoms with van der Waals surface area (Å²) in [6.07, 6.45) is 0. The Morgan fingerprint density at radius 3 is 2.52 bits per heavy atom. The van der Waals surface area contributed by atoms with Crippen LogP contribution in [0.2, 0.25) is 0 Å². The number of amides is 1. The molecule has 4 nitrogen and oxygen atoms in total. The zero-order chi connectivity index (χ0) is 15.2. The predicted octanol–water partition coefficient (Wildman–Crippen LogP) is 3.25. The highest BCUT2D eigenvalue weighted by Gasteiger charge is 2.20. The van der Waals surface area contributed by atoms with E-state index in [1.165, 1.54) is 0 Å². The first-order valence-electron chi connectivity index (χ1n) is 6.55. The number of hydrogen-bond acceptors (Lipinski definition) is 3. The van der Waals surface area contributed by atoms with Gasteiger partial charge in [0.1, 0.15) is 5.75 Å². The summed E-state index contributed by atoms with van der Waals surface area (Å²) in [5.41, 5.74) is 2.24. The second-order valence-corrected chi connectivity index (χ2v) is 4.64. The van der Waals surface area contributed by atoms with Gasteiger partial charge in [-0.15, -0.1) is 0 Å². The standard InChI is InChI=1S/C17H16N2O2/c1-12-10-14(21-2)8-9-16(12)19-17(20)15(11-18)13-6-4-3-5-7-13/h3-10,15H,1-2H3,(H,19,20). The Morgan fingerprint density at radius 1 is 1.24 bits per heavy atom. The van der Waals surface area contributed by atoms with Crippen molar-refractivity contribution in [1.82, 2.24) is 0 Å². The zero-order valence-electron chi connectivity index (χ0n) is 12.0. The van der Waals surface area contributed by atoms with E-state index in [-0.39, 0.29) is 5.91 Å². The van der Waals surface area contributed by atoms with Crippen molar-refractivity contribution in [1.29, 1.82) is 5.26 Å². The number of nitrogens with one attached hydrogen (secondary N) is 1.